The topological polar surface area (TPSA) is 33.3 Å². The minimum atomic E-state index is -0.467. The zero-order valence-corrected chi connectivity index (χ0v) is 28.1. The van der Waals surface area contributed by atoms with Crippen LogP contribution in [0.25, 0.3) is 10.9 Å². The summed E-state index contributed by atoms with van der Waals surface area (Å²) in [6.45, 7) is 10.1. The molecule has 0 amide bonds. The van der Waals surface area contributed by atoms with E-state index in [1.807, 2.05) is 6.07 Å². The van der Waals surface area contributed by atoms with Gasteiger partial charge < -0.3 is 14.3 Å². The Morgan fingerprint density at radius 3 is 2.12 bits per heavy atom. The fourth-order valence-electron chi connectivity index (χ4n) is 8.47. The monoisotopic (exact) mass is 592 g/mol. The number of quaternary nitrogens is 1. The minimum Gasteiger partial charge on any atom is -0.497 e. The first-order valence-corrected chi connectivity index (χ1v) is 18.2. The summed E-state index contributed by atoms with van der Waals surface area (Å²) in [5.41, 5.74) is 2.20. The van der Waals surface area contributed by atoms with Gasteiger partial charge >= 0.3 is 0 Å². The van der Waals surface area contributed by atoms with E-state index in [1.54, 1.807) is 7.11 Å². The maximum atomic E-state index is 12.1. The van der Waals surface area contributed by atoms with E-state index in [9.17, 15) is 5.11 Å². The molecule has 43 heavy (non-hydrogen) atoms. The summed E-state index contributed by atoms with van der Waals surface area (Å²) in [5.74, 6) is 2.09. The van der Waals surface area contributed by atoms with E-state index in [-0.39, 0.29) is 6.04 Å². The third-order valence-electron chi connectivity index (χ3n) is 11.2. The number of fused-ring (bicyclic) bond motifs is 4. The van der Waals surface area contributed by atoms with Crippen molar-refractivity contribution in [1.82, 2.24) is 0 Å². The van der Waals surface area contributed by atoms with Crippen molar-refractivity contribution in [1.29, 1.82) is 0 Å². The summed E-state index contributed by atoms with van der Waals surface area (Å²) in [6, 6.07) is 8.65. The summed E-state index contributed by atoms with van der Waals surface area (Å²) in [7, 11) is 3.80. The van der Waals surface area contributed by atoms with Gasteiger partial charge in [0, 0.05) is 36.5 Å². The fourth-order valence-corrected chi connectivity index (χ4v) is 8.47. The van der Waals surface area contributed by atoms with E-state index in [1.165, 1.54) is 122 Å². The van der Waals surface area contributed by atoms with E-state index in [0.29, 0.717) is 11.8 Å². The molecule has 4 heterocycles. The molecule has 3 saturated heterocycles. The standard InChI is InChI=1S/C39H64N2O2/c1-5-7-8-9-10-11-12-13-14-15-16-17-18-19-20-21-27-41-28-25-33(32(6-2)31-41)29-38(41)39(42)35-24-26-40(3)37-23-22-34(43-4)30-36(35)37/h6,22-24,26,30,32-33,38-39,42H,2,5,7-21,25,27-29,31H2,1,3-4H3/q+2/t32?,33?,38-,39-,41?/m0/s1. The van der Waals surface area contributed by atoms with Crippen LogP contribution in [0.4, 0.5) is 0 Å². The number of hydrogen-bond acceptors (Lipinski definition) is 2. The smallest absolute Gasteiger partial charge is 0.212 e. The van der Waals surface area contributed by atoms with Crippen LogP contribution in [0, 0.1) is 11.8 Å². The predicted octanol–water partition coefficient (Wildman–Crippen LogP) is 9.38. The summed E-state index contributed by atoms with van der Waals surface area (Å²) in [4.78, 5) is 0. The lowest BCUT2D eigenvalue weighted by molar-refractivity contribution is -0.973. The summed E-state index contributed by atoms with van der Waals surface area (Å²) < 4.78 is 8.79. The van der Waals surface area contributed by atoms with E-state index < -0.39 is 6.10 Å². The Bertz CT molecular complexity index is 1120. The lowest BCUT2D eigenvalue weighted by atomic mass is 9.71. The molecule has 0 saturated carbocycles. The molecule has 1 N–H and O–H groups in total. The van der Waals surface area contributed by atoms with Gasteiger partial charge in [0.1, 0.15) is 24.9 Å². The van der Waals surface area contributed by atoms with Crippen LogP contribution in [0.15, 0.2) is 43.1 Å². The molecule has 0 aliphatic carbocycles. The molecule has 1 aromatic heterocycles. The highest BCUT2D eigenvalue weighted by Gasteiger charge is 2.53. The van der Waals surface area contributed by atoms with Gasteiger partial charge in [-0.3, -0.25) is 0 Å². The molecule has 1 aromatic carbocycles. The highest BCUT2D eigenvalue weighted by Crippen LogP contribution is 2.47. The number of pyridine rings is 1. The second-order valence-corrected chi connectivity index (χ2v) is 14.1. The molecule has 5 atom stereocenters. The van der Waals surface area contributed by atoms with Crippen LogP contribution in [-0.4, -0.2) is 42.4 Å². The van der Waals surface area contributed by atoms with E-state index in [0.717, 1.165) is 39.7 Å². The van der Waals surface area contributed by atoms with Crippen LogP contribution in [0.1, 0.15) is 134 Å². The molecular formula is C39H64N2O2+2. The number of rotatable bonds is 21. The Balaban J connectivity index is 1.24. The predicted molar refractivity (Wildman–Crippen MR) is 181 cm³/mol. The van der Waals surface area contributed by atoms with Crippen LogP contribution in [-0.2, 0) is 7.05 Å². The van der Waals surface area contributed by atoms with Gasteiger partial charge in [-0.1, -0.05) is 103 Å². The van der Waals surface area contributed by atoms with Crippen molar-refractivity contribution in [2.24, 2.45) is 18.9 Å². The lowest BCUT2D eigenvalue weighted by Gasteiger charge is -2.58. The molecule has 0 spiro atoms. The Kier molecular flexibility index (Phi) is 13.9. The second kappa shape index (κ2) is 17.5. The van der Waals surface area contributed by atoms with Crippen molar-refractivity contribution in [3.63, 3.8) is 0 Å². The van der Waals surface area contributed by atoms with Gasteiger partial charge in [-0.2, -0.15) is 0 Å². The first-order valence-electron chi connectivity index (χ1n) is 18.2. The quantitative estimate of drug-likeness (QED) is 0.0678. The molecule has 3 fully saturated rings. The average Bonchev–Trinajstić information content (AvgIpc) is 3.04. The van der Waals surface area contributed by atoms with Crippen LogP contribution in [0.2, 0.25) is 0 Å². The first-order chi connectivity index (χ1) is 21.0. The van der Waals surface area contributed by atoms with E-state index >= 15 is 0 Å². The zero-order chi connectivity index (χ0) is 30.5. The Labute approximate surface area is 264 Å². The number of aryl methyl sites for hydroxylation is 1. The van der Waals surface area contributed by atoms with Gasteiger partial charge in [-0.15, -0.1) is 6.58 Å². The average molecular weight is 593 g/mol. The molecule has 3 aliphatic heterocycles. The van der Waals surface area contributed by atoms with Gasteiger partial charge in [0.2, 0.25) is 5.52 Å². The molecule has 3 aliphatic rings. The third-order valence-corrected chi connectivity index (χ3v) is 11.2. The van der Waals surface area contributed by atoms with Crippen molar-refractivity contribution in [3.05, 3.63) is 48.7 Å². The minimum absolute atomic E-state index is 0.258. The fraction of sp³-hybridized carbons (Fsp3) is 0.718. The van der Waals surface area contributed by atoms with Gasteiger partial charge in [0.25, 0.3) is 0 Å². The Morgan fingerprint density at radius 1 is 0.930 bits per heavy atom. The van der Waals surface area contributed by atoms with Crippen LogP contribution in [0.3, 0.4) is 0 Å². The lowest BCUT2D eigenvalue weighted by Crippen LogP contribution is -2.68. The Hall–Kier alpha value is -1.91. The molecule has 2 aromatic rings. The number of piperidine rings is 3. The number of unbranched alkanes of at least 4 members (excludes halogenated alkanes) is 15. The van der Waals surface area contributed by atoms with E-state index in [2.05, 4.69) is 55.6 Å². The van der Waals surface area contributed by atoms with Gasteiger partial charge in [0.05, 0.1) is 32.1 Å². The number of ether oxygens (including phenoxy) is 1. The summed E-state index contributed by atoms with van der Waals surface area (Å²) in [6.07, 6.45) is 28.7. The van der Waals surface area contributed by atoms with Gasteiger partial charge in [-0.25, -0.2) is 4.57 Å². The molecule has 0 radical (unpaired) electrons. The molecular weight excluding hydrogens is 528 g/mol. The second-order valence-electron chi connectivity index (χ2n) is 14.1. The molecule has 240 valence electrons. The number of aromatic nitrogens is 1. The van der Waals surface area contributed by atoms with Crippen molar-refractivity contribution in [2.45, 2.75) is 135 Å². The third kappa shape index (κ3) is 9.07. The number of benzene rings is 1. The highest BCUT2D eigenvalue weighted by atomic mass is 16.5. The van der Waals surface area contributed by atoms with Crippen LogP contribution < -0.4 is 9.30 Å². The molecule has 4 heteroatoms. The Morgan fingerprint density at radius 2 is 1.53 bits per heavy atom. The summed E-state index contributed by atoms with van der Waals surface area (Å²) in [5, 5.41) is 13.2. The molecule has 5 rings (SSSR count). The number of methoxy groups -OCH3 is 1. The zero-order valence-electron chi connectivity index (χ0n) is 28.1. The molecule has 4 nitrogen and oxygen atoms in total. The van der Waals surface area contributed by atoms with Crippen molar-refractivity contribution >= 4 is 10.9 Å². The first kappa shape index (κ1) is 34.0. The molecule has 3 unspecified atom stereocenters. The van der Waals surface area contributed by atoms with Crippen molar-refractivity contribution < 1.29 is 18.9 Å². The number of hydrogen-bond donors (Lipinski definition) is 1. The van der Waals surface area contributed by atoms with Crippen LogP contribution in [0.5, 0.6) is 5.75 Å². The van der Waals surface area contributed by atoms with Gasteiger partial charge in [0.15, 0.2) is 6.20 Å². The van der Waals surface area contributed by atoms with Crippen LogP contribution >= 0.6 is 0 Å². The number of aliphatic hydroxyl groups excluding tert-OH is 1. The van der Waals surface area contributed by atoms with Crippen molar-refractivity contribution in [2.75, 3.05) is 26.7 Å². The number of nitrogens with zero attached hydrogens (tertiary/aromatic N) is 2. The maximum absolute atomic E-state index is 12.1. The van der Waals surface area contributed by atoms with Crippen molar-refractivity contribution in [3.8, 4) is 5.75 Å². The summed E-state index contributed by atoms with van der Waals surface area (Å²) >= 11 is 0. The highest BCUT2D eigenvalue weighted by molar-refractivity contribution is 5.81. The molecule has 2 bridgehead atoms. The van der Waals surface area contributed by atoms with E-state index in [4.69, 9.17) is 4.74 Å². The number of aliphatic hydroxyl groups is 1. The van der Waals surface area contributed by atoms with Gasteiger partial charge in [-0.05, 0) is 30.9 Å². The largest absolute Gasteiger partial charge is 0.497 e. The maximum Gasteiger partial charge on any atom is 0.212 e. The SMILES string of the molecule is C=CC1C[N+]2(CCCCCCCCCCCCCCCCCC)CCC1C[C@H]2[C@@H](O)c1cc[n+](C)c2ccc(OC)cc12. The normalized spacial score (nSPS) is 24.0.